The normalized spacial score (nSPS) is 18.2. The summed E-state index contributed by atoms with van der Waals surface area (Å²) in [4.78, 5) is 30.8. The molecule has 0 bridgehead atoms. The molecule has 0 saturated carbocycles. The van der Waals surface area contributed by atoms with Crippen LogP contribution in [0.3, 0.4) is 0 Å². The van der Waals surface area contributed by atoms with E-state index in [4.69, 9.17) is 28.9 Å². The van der Waals surface area contributed by atoms with E-state index in [1.165, 1.54) is 48.7 Å². The van der Waals surface area contributed by atoms with Gasteiger partial charge in [-0.15, -0.1) is 13.2 Å². The Kier molecular flexibility index (Phi) is 7.36. The molecular formula is C23H20Cl2F3N5O5S. The fourth-order valence-electron chi connectivity index (χ4n) is 4.18. The largest absolute Gasteiger partial charge is 0.573 e. The van der Waals surface area contributed by atoms with Crippen molar-refractivity contribution in [2.24, 2.45) is 5.73 Å². The number of primary amides is 1. The molecule has 3 aromatic rings. The quantitative estimate of drug-likeness (QED) is 0.399. The lowest BCUT2D eigenvalue weighted by molar-refractivity contribution is -0.274. The number of nitrogens with zero attached hydrogens (tertiary/aromatic N) is 3. The van der Waals surface area contributed by atoms with Crippen molar-refractivity contribution in [3.05, 3.63) is 64.3 Å². The van der Waals surface area contributed by atoms with Gasteiger partial charge < -0.3 is 10.5 Å². The summed E-state index contributed by atoms with van der Waals surface area (Å²) < 4.78 is 71.5. The van der Waals surface area contributed by atoms with Gasteiger partial charge in [0, 0.05) is 16.5 Å². The third-order valence-electron chi connectivity index (χ3n) is 5.91. The highest BCUT2D eigenvalue weighted by Gasteiger charge is 2.52. The Hall–Kier alpha value is -3.33. The highest BCUT2D eigenvalue weighted by Crippen LogP contribution is 2.44. The monoisotopic (exact) mass is 607 g/mol. The van der Waals surface area contributed by atoms with Crippen molar-refractivity contribution in [1.29, 1.82) is 0 Å². The highest BCUT2D eigenvalue weighted by molar-refractivity contribution is 7.89. The maximum absolute atomic E-state index is 14.0. The number of anilines is 2. The van der Waals surface area contributed by atoms with Crippen LogP contribution in [0.15, 0.2) is 53.7 Å². The lowest BCUT2D eigenvalue weighted by Gasteiger charge is -2.27. The Morgan fingerprint density at radius 2 is 1.79 bits per heavy atom. The Morgan fingerprint density at radius 3 is 2.33 bits per heavy atom. The van der Waals surface area contributed by atoms with Gasteiger partial charge >= 0.3 is 6.36 Å². The number of nitrogens with two attached hydrogens (primary N) is 1. The number of benzene rings is 2. The first-order chi connectivity index (χ1) is 18.0. The molecule has 208 valence electrons. The number of halogens is 5. The second-order valence-corrected chi connectivity index (χ2v) is 11.4. The van der Waals surface area contributed by atoms with Gasteiger partial charge in [0.15, 0.2) is 5.03 Å². The number of aromatic nitrogens is 2. The summed E-state index contributed by atoms with van der Waals surface area (Å²) in [5.74, 6) is -2.13. The molecule has 0 fully saturated rings. The Bertz CT molecular complexity index is 1540. The number of nitrogens with one attached hydrogen (secondary N) is 1. The molecule has 0 spiro atoms. The zero-order valence-electron chi connectivity index (χ0n) is 20.2. The standard InChI is InChI=1S/C23H20Cl2F3N5O5S/c1-12(19(29)34)31-39(36,37)18-11-30-21-32(16-8-14(24)7-15(25)9-16)20(35)22(2,33(18)21)10-13-3-5-17(6-4-13)38-23(26,27)28/h3-9,11-12,31H,10H2,1-2H3,(H2,29,34)/t12-,22+/m0/s1/i21+2. The summed E-state index contributed by atoms with van der Waals surface area (Å²) in [6.07, 6.45) is -4.05. The van der Waals surface area contributed by atoms with E-state index in [9.17, 15) is 31.2 Å². The minimum absolute atomic E-state index is 0.0926. The molecule has 0 radical (unpaired) electrons. The van der Waals surface area contributed by atoms with Gasteiger partial charge in [-0.1, -0.05) is 35.3 Å². The third kappa shape index (κ3) is 5.69. The zero-order chi connectivity index (χ0) is 28.9. The molecule has 39 heavy (non-hydrogen) atoms. The first kappa shape index (κ1) is 28.7. The number of fused-ring (bicyclic) bond motifs is 1. The van der Waals surface area contributed by atoms with E-state index in [2.05, 4.69) is 14.4 Å². The van der Waals surface area contributed by atoms with Gasteiger partial charge in [-0.3, -0.25) is 14.2 Å². The third-order valence-corrected chi connectivity index (χ3v) is 7.85. The van der Waals surface area contributed by atoms with Crippen LogP contribution in [0.5, 0.6) is 5.75 Å². The number of ether oxygens (including phenoxy) is 1. The maximum atomic E-state index is 14.0. The number of rotatable bonds is 8. The number of carbonyl (C=O) groups is 2. The number of hydrogen-bond donors (Lipinski definition) is 2. The Morgan fingerprint density at radius 1 is 1.21 bits per heavy atom. The average Bonchev–Trinajstić information content (AvgIpc) is 3.32. The van der Waals surface area contributed by atoms with Gasteiger partial charge in [-0.05, 0) is 49.7 Å². The summed E-state index contributed by atoms with van der Waals surface area (Å²) in [5, 5.41) is -0.0572. The lowest BCUT2D eigenvalue weighted by Crippen LogP contribution is -2.45. The molecule has 1 aliphatic rings. The molecule has 0 saturated heterocycles. The maximum Gasteiger partial charge on any atom is 0.573 e. The summed E-state index contributed by atoms with van der Waals surface area (Å²) >= 11 is 12.3. The molecule has 2 aromatic carbocycles. The van der Waals surface area contributed by atoms with Crippen LogP contribution in [-0.2, 0) is 31.6 Å². The highest BCUT2D eigenvalue weighted by atomic mass is 35.5. The first-order valence-corrected chi connectivity index (χ1v) is 13.3. The van der Waals surface area contributed by atoms with Crippen molar-refractivity contribution in [3.63, 3.8) is 0 Å². The van der Waals surface area contributed by atoms with E-state index in [-0.39, 0.29) is 28.1 Å². The number of amides is 2. The zero-order valence-corrected chi connectivity index (χ0v) is 22.5. The van der Waals surface area contributed by atoms with Gasteiger partial charge in [0.25, 0.3) is 15.9 Å². The molecular weight excluding hydrogens is 588 g/mol. The fraction of sp³-hybridized carbons (Fsp3) is 0.261. The van der Waals surface area contributed by atoms with Crippen LogP contribution in [0.2, 0.25) is 10.0 Å². The summed E-state index contributed by atoms with van der Waals surface area (Å²) in [6, 6.07) is 7.79. The van der Waals surface area contributed by atoms with E-state index in [1.54, 1.807) is 0 Å². The van der Waals surface area contributed by atoms with Gasteiger partial charge in [0.2, 0.25) is 11.9 Å². The molecule has 1 aromatic heterocycles. The first-order valence-electron chi connectivity index (χ1n) is 11.1. The van der Waals surface area contributed by atoms with Crippen molar-refractivity contribution in [2.45, 2.75) is 43.2 Å². The molecule has 2 heterocycles. The fourth-order valence-corrected chi connectivity index (χ4v) is 6.11. The molecule has 4 rings (SSSR count). The van der Waals surface area contributed by atoms with Crippen LogP contribution >= 0.6 is 23.2 Å². The van der Waals surface area contributed by atoms with Gasteiger partial charge in [0.05, 0.1) is 17.9 Å². The van der Waals surface area contributed by atoms with E-state index in [0.29, 0.717) is 5.56 Å². The van der Waals surface area contributed by atoms with Gasteiger partial charge in [0.1, 0.15) is 11.3 Å². The van der Waals surface area contributed by atoms with Crippen LogP contribution in [0.4, 0.5) is 24.8 Å². The molecule has 3 N–H and O–H groups in total. The second kappa shape index (κ2) is 10.0. The summed E-state index contributed by atoms with van der Waals surface area (Å²) in [7, 11) is -4.45. The SMILES string of the molecule is C[C@H](NS(=O)(=O)c1cn[14c]2n1[C@](C)(Cc1ccc(OC(F)(F)F)cc1)C(=O)N2c1cc(Cl)cc(Cl)c1)C(N)=O. The predicted octanol–water partition coefficient (Wildman–Crippen LogP) is 3.88. The Balaban J connectivity index is 1.84. The van der Waals surface area contributed by atoms with Crippen molar-refractivity contribution in [1.82, 2.24) is 14.3 Å². The minimum Gasteiger partial charge on any atom is -0.406 e. The second-order valence-electron chi connectivity index (χ2n) is 8.89. The van der Waals surface area contributed by atoms with Crippen LogP contribution in [0.25, 0.3) is 0 Å². The molecule has 1 aliphatic heterocycles. The van der Waals surface area contributed by atoms with Crippen LogP contribution in [-0.4, -0.2) is 42.2 Å². The number of carbonyl (C=O) groups excluding carboxylic acids is 2. The van der Waals surface area contributed by atoms with E-state index < -0.39 is 50.6 Å². The number of alkyl halides is 3. The number of sulfonamides is 1. The van der Waals surface area contributed by atoms with E-state index in [1.807, 2.05) is 0 Å². The van der Waals surface area contributed by atoms with Crippen LogP contribution in [0.1, 0.15) is 19.4 Å². The van der Waals surface area contributed by atoms with Crippen molar-refractivity contribution in [2.75, 3.05) is 4.90 Å². The number of hydrogen-bond acceptors (Lipinski definition) is 6. The topological polar surface area (TPSA) is 137 Å². The lowest BCUT2D eigenvalue weighted by atomic mass is 9.92. The summed E-state index contributed by atoms with van der Waals surface area (Å²) in [5.41, 5.74) is 4.13. The molecule has 0 unspecified atom stereocenters. The van der Waals surface area contributed by atoms with Gasteiger partial charge in [-0.2, -0.15) is 4.72 Å². The molecule has 2 amide bonds. The Labute approximate surface area is 230 Å². The minimum atomic E-state index is -4.89. The van der Waals surface area contributed by atoms with E-state index >= 15 is 0 Å². The summed E-state index contributed by atoms with van der Waals surface area (Å²) in [6.45, 7) is 2.69. The van der Waals surface area contributed by atoms with Crippen molar-refractivity contribution in [3.8, 4) is 5.75 Å². The smallest absolute Gasteiger partial charge is 0.406 e. The molecule has 10 nitrogen and oxygen atoms in total. The average molecular weight is 608 g/mol. The van der Waals surface area contributed by atoms with Crippen molar-refractivity contribution < 1.29 is 35.9 Å². The van der Waals surface area contributed by atoms with Crippen LogP contribution < -0.4 is 20.1 Å². The molecule has 16 heteroatoms. The molecule has 2 atom stereocenters. The van der Waals surface area contributed by atoms with E-state index in [0.717, 1.165) is 23.2 Å². The van der Waals surface area contributed by atoms with Crippen LogP contribution in [0, 0.1) is 0 Å². The number of imidazole rings is 1. The molecule has 0 aliphatic carbocycles. The van der Waals surface area contributed by atoms with Gasteiger partial charge in [-0.25, -0.2) is 18.3 Å². The van der Waals surface area contributed by atoms with Crippen molar-refractivity contribution >= 4 is 56.7 Å². The predicted molar refractivity (Wildman–Crippen MR) is 135 cm³/mol.